The minimum atomic E-state index is 0. The summed E-state index contributed by atoms with van der Waals surface area (Å²) >= 11 is 0. The summed E-state index contributed by atoms with van der Waals surface area (Å²) in [5.74, 6) is 0.209. The van der Waals surface area contributed by atoms with Crippen LogP contribution in [0.3, 0.4) is 0 Å². The summed E-state index contributed by atoms with van der Waals surface area (Å²) in [6.45, 7) is 2.35. The second-order valence-corrected chi connectivity index (χ2v) is 8.05. The Labute approximate surface area is 190 Å². The van der Waals surface area contributed by atoms with Crippen LogP contribution in [0.2, 0.25) is 0 Å². The third-order valence-electron chi connectivity index (χ3n) is 6.18. The Bertz CT molecular complexity index is 1080. The van der Waals surface area contributed by atoms with Gasteiger partial charge in [-0.15, -0.1) is 12.4 Å². The van der Waals surface area contributed by atoms with E-state index in [-0.39, 0.29) is 18.2 Å². The van der Waals surface area contributed by atoms with Crippen molar-refractivity contribution >= 4 is 35.9 Å². The molecule has 2 nitrogen and oxygen atoms in total. The van der Waals surface area contributed by atoms with Crippen LogP contribution in [-0.4, -0.2) is 30.3 Å². The summed E-state index contributed by atoms with van der Waals surface area (Å²) in [5, 5.41) is 0. The molecule has 0 amide bonds. The number of piperidine rings is 1. The number of ketones is 1. The second-order valence-electron chi connectivity index (χ2n) is 8.05. The number of halogens is 1. The Hall–Kier alpha value is -2.94. The summed E-state index contributed by atoms with van der Waals surface area (Å²) in [7, 11) is 0. The fourth-order valence-electron chi connectivity index (χ4n) is 4.60. The molecule has 31 heavy (non-hydrogen) atoms. The smallest absolute Gasteiger partial charge is 0.176 e. The van der Waals surface area contributed by atoms with Crippen LogP contribution in [0.25, 0.3) is 17.7 Å². The van der Waals surface area contributed by atoms with Gasteiger partial charge >= 0.3 is 0 Å². The largest absolute Gasteiger partial charge is 0.295 e. The van der Waals surface area contributed by atoms with E-state index in [1.807, 2.05) is 30.3 Å². The molecule has 1 fully saturated rings. The summed E-state index contributed by atoms with van der Waals surface area (Å²) in [6, 6.07) is 27.0. The van der Waals surface area contributed by atoms with Crippen molar-refractivity contribution in [3.8, 4) is 0 Å². The molecular weight excluding hydrogens is 402 g/mol. The van der Waals surface area contributed by atoms with Crippen LogP contribution in [0, 0.1) is 0 Å². The molecule has 1 aliphatic carbocycles. The first-order valence-electron chi connectivity index (χ1n) is 10.7. The summed E-state index contributed by atoms with van der Waals surface area (Å²) in [4.78, 5) is 14.9. The molecule has 0 atom stereocenters. The van der Waals surface area contributed by atoms with Crippen molar-refractivity contribution in [1.82, 2.24) is 4.90 Å². The number of hydrogen-bond donors (Lipinski definition) is 0. The zero-order valence-electron chi connectivity index (χ0n) is 17.5. The first-order chi connectivity index (χ1) is 14.8. The van der Waals surface area contributed by atoms with E-state index in [2.05, 4.69) is 65.6 Å². The lowest BCUT2D eigenvalue weighted by molar-refractivity contribution is 0.0925. The van der Waals surface area contributed by atoms with Gasteiger partial charge in [0.25, 0.3) is 0 Å². The van der Waals surface area contributed by atoms with Gasteiger partial charge in [0.15, 0.2) is 5.78 Å². The average molecular weight is 428 g/mol. The van der Waals surface area contributed by atoms with Gasteiger partial charge < -0.3 is 0 Å². The molecule has 5 rings (SSSR count). The molecule has 1 aliphatic heterocycles. The zero-order chi connectivity index (χ0) is 20.3. The maximum Gasteiger partial charge on any atom is 0.176 e. The molecule has 156 valence electrons. The lowest BCUT2D eigenvalue weighted by Crippen LogP contribution is -2.35. The number of carbonyl (C=O) groups excluding carboxylic acids is 1. The molecule has 0 bridgehead atoms. The highest BCUT2D eigenvalue weighted by Gasteiger charge is 2.23. The van der Waals surface area contributed by atoms with Gasteiger partial charge in [-0.1, -0.05) is 96.6 Å². The number of carbonyl (C=O) groups is 1. The van der Waals surface area contributed by atoms with E-state index in [0.717, 1.165) is 31.5 Å². The quantitative estimate of drug-likeness (QED) is 0.354. The van der Waals surface area contributed by atoms with Crippen molar-refractivity contribution in [2.45, 2.75) is 12.8 Å². The standard InChI is InChI=1S/C28H25NO.ClH/c30-27(23-10-2-1-3-11-23)20-29-18-16-24(17-19-29)28-25-12-6-4-8-21(25)14-15-22-9-5-7-13-26(22)28;/h1-15H,16-20H2;1H. The van der Waals surface area contributed by atoms with Crippen molar-refractivity contribution in [3.63, 3.8) is 0 Å². The molecule has 3 heteroatoms. The van der Waals surface area contributed by atoms with E-state index in [4.69, 9.17) is 0 Å². The highest BCUT2D eigenvalue weighted by molar-refractivity contribution is 5.97. The average Bonchev–Trinajstić information content (AvgIpc) is 2.97. The van der Waals surface area contributed by atoms with E-state index in [1.54, 1.807) is 0 Å². The molecule has 0 radical (unpaired) electrons. The third kappa shape index (κ3) is 4.41. The van der Waals surface area contributed by atoms with Gasteiger partial charge in [-0.2, -0.15) is 0 Å². The predicted molar refractivity (Wildman–Crippen MR) is 132 cm³/mol. The van der Waals surface area contributed by atoms with Crippen LogP contribution < -0.4 is 0 Å². The summed E-state index contributed by atoms with van der Waals surface area (Å²) in [6.07, 6.45) is 6.46. The first-order valence-corrected chi connectivity index (χ1v) is 10.7. The van der Waals surface area contributed by atoms with E-state index >= 15 is 0 Å². The Morgan fingerprint density at radius 2 is 1.23 bits per heavy atom. The number of rotatable bonds is 3. The van der Waals surface area contributed by atoms with Crippen molar-refractivity contribution in [2.24, 2.45) is 0 Å². The highest BCUT2D eigenvalue weighted by atomic mass is 35.5. The van der Waals surface area contributed by atoms with Crippen LogP contribution in [-0.2, 0) is 0 Å². The van der Waals surface area contributed by atoms with Crippen molar-refractivity contribution in [2.75, 3.05) is 19.6 Å². The van der Waals surface area contributed by atoms with Crippen LogP contribution in [0.4, 0.5) is 0 Å². The Morgan fingerprint density at radius 3 is 1.81 bits per heavy atom. The topological polar surface area (TPSA) is 20.3 Å². The number of benzene rings is 3. The fourth-order valence-corrected chi connectivity index (χ4v) is 4.60. The fraction of sp³-hybridized carbons (Fsp3) is 0.179. The summed E-state index contributed by atoms with van der Waals surface area (Å²) in [5.41, 5.74) is 8.89. The maximum atomic E-state index is 12.6. The number of hydrogen-bond acceptors (Lipinski definition) is 2. The predicted octanol–water partition coefficient (Wildman–Crippen LogP) is 6.37. The van der Waals surface area contributed by atoms with Crippen LogP contribution in [0.15, 0.2) is 84.4 Å². The van der Waals surface area contributed by atoms with E-state index in [0.29, 0.717) is 6.54 Å². The second kappa shape index (κ2) is 9.47. The minimum Gasteiger partial charge on any atom is -0.295 e. The molecular formula is C28H26ClNO. The maximum absolute atomic E-state index is 12.6. The van der Waals surface area contributed by atoms with E-state index in [9.17, 15) is 4.79 Å². The van der Waals surface area contributed by atoms with Crippen molar-refractivity contribution in [1.29, 1.82) is 0 Å². The van der Waals surface area contributed by atoms with Gasteiger partial charge in [0, 0.05) is 18.7 Å². The molecule has 0 saturated carbocycles. The molecule has 0 N–H and O–H groups in total. The van der Waals surface area contributed by atoms with Crippen LogP contribution in [0.5, 0.6) is 0 Å². The lowest BCUT2D eigenvalue weighted by Gasteiger charge is -2.30. The number of nitrogens with zero attached hydrogens (tertiary/aromatic N) is 1. The van der Waals surface area contributed by atoms with Gasteiger partial charge in [0.05, 0.1) is 6.54 Å². The molecule has 1 saturated heterocycles. The van der Waals surface area contributed by atoms with E-state index in [1.165, 1.54) is 33.4 Å². The van der Waals surface area contributed by atoms with Gasteiger partial charge in [0.1, 0.15) is 0 Å². The lowest BCUT2D eigenvalue weighted by atomic mass is 9.86. The first kappa shape index (κ1) is 21.3. The molecule has 3 aromatic carbocycles. The Morgan fingerprint density at radius 1 is 0.710 bits per heavy atom. The third-order valence-corrected chi connectivity index (χ3v) is 6.18. The Kier molecular flexibility index (Phi) is 6.50. The molecule has 0 spiro atoms. The number of Topliss-reactive ketones (excluding diaryl/α,β-unsaturated/α-hetero) is 1. The van der Waals surface area contributed by atoms with Crippen LogP contribution >= 0.6 is 12.4 Å². The minimum absolute atomic E-state index is 0. The monoisotopic (exact) mass is 427 g/mol. The summed E-state index contributed by atoms with van der Waals surface area (Å²) < 4.78 is 0. The molecule has 1 heterocycles. The highest BCUT2D eigenvalue weighted by Crippen LogP contribution is 2.38. The van der Waals surface area contributed by atoms with Gasteiger partial charge in [0.2, 0.25) is 0 Å². The van der Waals surface area contributed by atoms with Crippen molar-refractivity contribution < 1.29 is 4.79 Å². The SMILES string of the molecule is Cl.O=C(CN1CCC(=C2c3ccccc3C=Cc3ccccc32)CC1)c1ccccc1. The molecule has 0 aromatic heterocycles. The molecule has 2 aliphatic rings. The van der Waals surface area contributed by atoms with Gasteiger partial charge in [-0.05, 0) is 40.7 Å². The normalized spacial score (nSPS) is 15.5. The molecule has 0 unspecified atom stereocenters. The molecule has 3 aromatic rings. The van der Waals surface area contributed by atoms with E-state index < -0.39 is 0 Å². The number of fused-ring (bicyclic) bond motifs is 2. The zero-order valence-corrected chi connectivity index (χ0v) is 18.3. The Balaban J connectivity index is 0.00000231. The van der Waals surface area contributed by atoms with Gasteiger partial charge in [-0.25, -0.2) is 0 Å². The van der Waals surface area contributed by atoms with Gasteiger partial charge in [-0.3, -0.25) is 9.69 Å². The van der Waals surface area contributed by atoms with Crippen molar-refractivity contribution in [3.05, 3.63) is 112 Å². The number of likely N-dealkylation sites (tertiary alicyclic amines) is 1. The van der Waals surface area contributed by atoms with Crippen LogP contribution in [0.1, 0.15) is 45.5 Å².